The van der Waals surface area contributed by atoms with Crippen LogP contribution in [0.2, 0.25) is 0 Å². The molecule has 3 heterocycles. The molecule has 0 saturated heterocycles. The summed E-state index contributed by atoms with van der Waals surface area (Å²) in [4.78, 5) is 29.2. The average Bonchev–Trinajstić information content (AvgIpc) is 3.42. The van der Waals surface area contributed by atoms with Crippen molar-refractivity contribution in [3.05, 3.63) is 59.7 Å². The van der Waals surface area contributed by atoms with Gasteiger partial charge >= 0.3 is 5.97 Å². The van der Waals surface area contributed by atoms with Crippen LogP contribution < -0.4 is 5.32 Å². The lowest BCUT2D eigenvalue weighted by Crippen LogP contribution is -2.24. The van der Waals surface area contributed by atoms with E-state index in [0.717, 1.165) is 54.7 Å². The SMILES string of the molecule is CC(C)(C)OC(=O)CCn1c2ccccc2c2c3c(c4c5ccccc5[nH]c4c21)CNC3=O. The summed E-state index contributed by atoms with van der Waals surface area (Å²) in [7, 11) is 0. The van der Waals surface area contributed by atoms with E-state index in [4.69, 9.17) is 4.74 Å². The maximum atomic E-state index is 13.1. The lowest BCUT2D eigenvalue weighted by molar-refractivity contribution is -0.155. The molecular weight excluding hydrogens is 414 g/mol. The van der Waals surface area contributed by atoms with E-state index in [2.05, 4.69) is 39.1 Å². The van der Waals surface area contributed by atoms with Crippen molar-refractivity contribution < 1.29 is 14.3 Å². The van der Waals surface area contributed by atoms with Crippen LogP contribution in [-0.4, -0.2) is 27.0 Å². The van der Waals surface area contributed by atoms with Crippen molar-refractivity contribution in [2.24, 2.45) is 0 Å². The number of amides is 1. The Hall–Kier alpha value is -3.80. The number of aromatic amines is 1. The third kappa shape index (κ3) is 2.94. The fourth-order valence-corrected chi connectivity index (χ4v) is 5.24. The number of aromatic nitrogens is 2. The van der Waals surface area contributed by atoms with Gasteiger partial charge in [-0.2, -0.15) is 0 Å². The molecule has 1 aliphatic rings. The minimum Gasteiger partial charge on any atom is -0.460 e. The topological polar surface area (TPSA) is 76.1 Å². The molecule has 0 radical (unpaired) electrons. The van der Waals surface area contributed by atoms with Crippen molar-refractivity contribution in [2.45, 2.75) is 45.9 Å². The molecule has 6 rings (SSSR count). The van der Waals surface area contributed by atoms with E-state index < -0.39 is 5.60 Å². The predicted molar refractivity (Wildman–Crippen MR) is 130 cm³/mol. The highest BCUT2D eigenvalue weighted by Gasteiger charge is 2.30. The van der Waals surface area contributed by atoms with Crippen LogP contribution in [0.5, 0.6) is 0 Å². The van der Waals surface area contributed by atoms with Crippen molar-refractivity contribution in [3.8, 4) is 0 Å². The standard InChI is InChI=1S/C27H25N3O3/c1-27(2,3)33-20(31)12-13-30-19-11-7-5-9-16(19)22-23-17(14-28-26(23)32)21-15-8-4-6-10-18(15)29-24(21)25(22)30/h4-11,29H,12-14H2,1-3H3,(H,28,32). The third-order valence-corrected chi connectivity index (χ3v) is 6.38. The van der Waals surface area contributed by atoms with Crippen LogP contribution in [0, 0.1) is 0 Å². The fourth-order valence-electron chi connectivity index (χ4n) is 5.24. The van der Waals surface area contributed by atoms with E-state index in [-0.39, 0.29) is 18.3 Å². The number of fused-ring (bicyclic) bond motifs is 10. The molecule has 0 saturated carbocycles. The number of benzene rings is 3. The molecule has 6 heteroatoms. The fraction of sp³-hybridized carbons (Fsp3) is 0.259. The van der Waals surface area contributed by atoms with Crippen molar-refractivity contribution in [2.75, 3.05) is 0 Å². The van der Waals surface area contributed by atoms with Gasteiger partial charge in [-0.25, -0.2) is 0 Å². The number of aryl methyl sites for hydroxylation is 1. The quantitative estimate of drug-likeness (QED) is 0.369. The number of ether oxygens (including phenoxy) is 1. The second-order valence-corrected chi connectivity index (χ2v) is 9.69. The highest BCUT2D eigenvalue weighted by Crippen LogP contribution is 2.43. The number of para-hydroxylation sites is 2. The number of carbonyl (C=O) groups excluding carboxylic acids is 2. The Morgan fingerprint density at radius 3 is 2.55 bits per heavy atom. The zero-order valence-electron chi connectivity index (χ0n) is 18.9. The molecular formula is C27H25N3O3. The molecule has 33 heavy (non-hydrogen) atoms. The van der Waals surface area contributed by atoms with E-state index in [1.807, 2.05) is 45.0 Å². The van der Waals surface area contributed by atoms with Gasteiger partial charge in [0.15, 0.2) is 0 Å². The minimum atomic E-state index is -0.527. The van der Waals surface area contributed by atoms with Crippen LogP contribution in [0.15, 0.2) is 48.5 Å². The maximum absolute atomic E-state index is 13.1. The summed E-state index contributed by atoms with van der Waals surface area (Å²) in [5, 5.41) is 7.18. The Morgan fingerprint density at radius 1 is 1.03 bits per heavy atom. The van der Waals surface area contributed by atoms with Gasteiger partial charge in [-0.1, -0.05) is 36.4 Å². The first-order valence-electron chi connectivity index (χ1n) is 11.3. The van der Waals surface area contributed by atoms with Crippen LogP contribution in [0.25, 0.3) is 43.6 Å². The molecule has 166 valence electrons. The molecule has 0 spiro atoms. The lowest BCUT2D eigenvalue weighted by atomic mass is 9.97. The van der Waals surface area contributed by atoms with Crippen molar-refractivity contribution in [1.29, 1.82) is 0 Å². The second kappa shape index (κ2) is 6.85. The molecule has 1 aliphatic heterocycles. The maximum Gasteiger partial charge on any atom is 0.308 e. The van der Waals surface area contributed by atoms with Crippen molar-refractivity contribution in [1.82, 2.24) is 14.9 Å². The van der Waals surface area contributed by atoms with Gasteiger partial charge in [0.05, 0.1) is 23.0 Å². The Labute approximate surface area is 190 Å². The summed E-state index contributed by atoms with van der Waals surface area (Å²) in [6.07, 6.45) is 0.246. The smallest absolute Gasteiger partial charge is 0.308 e. The van der Waals surface area contributed by atoms with Gasteiger partial charge in [-0.3, -0.25) is 9.59 Å². The first-order chi connectivity index (χ1) is 15.8. The number of esters is 1. The van der Waals surface area contributed by atoms with Gasteiger partial charge in [0, 0.05) is 45.7 Å². The highest BCUT2D eigenvalue weighted by molar-refractivity contribution is 6.30. The molecule has 1 amide bonds. The number of hydrogen-bond donors (Lipinski definition) is 2. The van der Waals surface area contributed by atoms with Gasteiger partial charge < -0.3 is 19.6 Å². The van der Waals surface area contributed by atoms with E-state index in [1.54, 1.807) is 0 Å². The first-order valence-corrected chi connectivity index (χ1v) is 11.3. The van der Waals surface area contributed by atoms with Crippen LogP contribution >= 0.6 is 0 Å². The average molecular weight is 440 g/mol. The highest BCUT2D eigenvalue weighted by atomic mass is 16.6. The molecule has 0 aliphatic carbocycles. The molecule has 5 aromatic rings. The van der Waals surface area contributed by atoms with Gasteiger partial charge in [-0.05, 0) is 38.5 Å². The summed E-state index contributed by atoms with van der Waals surface area (Å²) in [5.41, 5.74) is 5.25. The van der Waals surface area contributed by atoms with Crippen molar-refractivity contribution >= 4 is 55.5 Å². The summed E-state index contributed by atoms with van der Waals surface area (Å²) in [6, 6.07) is 16.3. The monoisotopic (exact) mass is 439 g/mol. The Bertz CT molecular complexity index is 1610. The summed E-state index contributed by atoms with van der Waals surface area (Å²) in [5.74, 6) is -0.280. The number of carbonyl (C=O) groups is 2. The van der Waals surface area contributed by atoms with Crippen LogP contribution in [0.4, 0.5) is 0 Å². The molecule has 6 nitrogen and oxygen atoms in total. The molecule has 0 bridgehead atoms. The van der Waals surface area contributed by atoms with Crippen LogP contribution in [0.3, 0.4) is 0 Å². The van der Waals surface area contributed by atoms with Gasteiger partial charge in [0.1, 0.15) is 5.60 Å². The van der Waals surface area contributed by atoms with E-state index in [0.29, 0.717) is 13.1 Å². The first kappa shape index (κ1) is 19.9. The van der Waals surface area contributed by atoms with E-state index in [1.165, 1.54) is 0 Å². The number of nitrogens with zero attached hydrogens (tertiary/aromatic N) is 1. The van der Waals surface area contributed by atoms with Gasteiger partial charge in [0.2, 0.25) is 0 Å². The molecule has 2 aromatic heterocycles. The molecule has 0 fully saturated rings. The number of nitrogens with one attached hydrogen (secondary N) is 2. The van der Waals surface area contributed by atoms with E-state index >= 15 is 0 Å². The van der Waals surface area contributed by atoms with Gasteiger partial charge in [0.25, 0.3) is 5.91 Å². The molecule has 0 atom stereocenters. The summed E-state index contributed by atoms with van der Waals surface area (Å²) >= 11 is 0. The molecule has 0 unspecified atom stereocenters. The second-order valence-electron chi connectivity index (χ2n) is 9.69. The van der Waals surface area contributed by atoms with Crippen molar-refractivity contribution in [3.63, 3.8) is 0 Å². The Morgan fingerprint density at radius 2 is 1.76 bits per heavy atom. The van der Waals surface area contributed by atoms with Crippen LogP contribution in [-0.2, 0) is 22.6 Å². The number of H-pyrrole nitrogens is 1. The lowest BCUT2D eigenvalue weighted by Gasteiger charge is -2.19. The third-order valence-electron chi connectivity index (χ3n) is 6.38. The molecule has 3 aromatic carbocycles. The number of rotatable bonds is 3. The Kier molecular flexibility index (Phi) is 4.12. The normalized spacial score (nSPS) is 13.8. The number of hydrogen-bond acceptors (Lipinski definition) is 3. The largest absolute Gasteiger partial charge is 0.460 e. The minimum absolute atomic E-state index is 0.0442. The zero-order valence-corrected chi connectivity index (χ0v) is 18.9. The van der Waals surface area contributed by atoms with Crippen LogP contribution in [0.1, 0.15) is 43.1 Å². The zero-order chi connectivity index (χ0) is 22.9. The summed E-state index contributed by atoms with van der Waals surface area (Å²) in [6.45, 7) is 6.60. The molecule has 2 N–H and O–H groups in total. The van der Waals surface area contributed by atoms with Gasteiger partial charge in [-0.15, -0.1) is 0 Å². The predicted octanol–water partition coefficient (Wildman–Crippen LogP) is 5.40. The van der Waals surface area contributed by atoms with E-state index in [9.17, 15) is 9.59 Å². The Balaban J connectivity index is 1.69. The summed E-state index contributed by atoms with van der Waals surface area (Å²) < 4.78 is 7.73.